The Hall–Kier alpha value is -3.11. The first-order chi connectivity index (χ1) is 17.1. The maximum absolute atomic E-state index is 13.6. The van der Waals surface area contributed by atoms with Crippen molar-refractivity contribution in [2.24, 2.45) is 0 Å². The predicted molar refractivity (Wildman–Crippen MR) is 137 cm³/mol. The van der Waals surface area contributed by atoms with Gasteiger partial charge in [0.1, 0.15) is 5.75 Å². The number of carboxylic acids is 1. The molecule has 0 bridgehead atoms. The fourth-order valence-electron chi connectivity index (χ4n) is 4.14. The third-order valence-corrected chi connectivity index (χ3v) is 8.01. The van der Waals surface area contributed by atoms with Gasteiger partial charge in [0.15, 0.2) is 6.61 Å². The SMILES string of the molecule is Cc1ccc(S(=O)(=O)N2CC(NC[C@H](O)c3cccc(Cl)c3)Cc3cc(OCC(=O)O)ccc32)cc1. The molecule has 3 N–H and O–H groups in total. The molecule has 0 aliphatic carbocycles. The summed E-state index contributed by atoms with van der Waals surface area (Å²) in [5, 5.41) is 23.4. The Morgan fingerprint density at radius 1 is 1.17 bits per heavy atom. The van der Waals surface area contributed by atoms with E-state index in [1.54, 1.807) is 66.7 Å². The van der Waals surface area contributed by atoms with Gasteiger partial charge in [-0.1, -0.05) is 41.4 Å². The van der Waals surface area contributed by atoms with Crippen LogP contribution in [-0.2, 0) is 21.2 Å². The van der Waals surface area contributed by atoms with Crippen molar-refractivity contribution in [3.8, 4) is 5.75 Å². The van der Waals surface area contributed by atoms with Crippen LogP contribution in [0.4, 0.5) is 5.69 Å². The van der Waals surface area contributed by atoms with Crippen LogP contribution in [0.15, 0.2) is 71.6 Å². The average molecular weight is 531 g/mol. The first-order valence-electron chi connectivity index (χ1n) is 11.4. The summed E-state index contributed by atoms with van der Waals surface area (Å²) in [5.74, 6) is -0.769. The number of rotatable bonds is 9. The van der Waals surface area contributed by atoms with E-state index >= 15 is 0 Å². The van der Waals surface area contributed by atoms with E-state index in [4.69, 9.17) is 21.4 Å². The molecule has 0 fully saturated rings. The Labute approximate surface area is 215 Å². The maximum atomic E-state index is 13.6. The van der Waals surface area contributed by atoms with Gasteiger partial charge >= 0.3 is 5.97 Å². The molecule has 1 aliphatic heterocycles. The maximum Gasteiger partial charge on any atom is 0.341 e. The average Bonchev–Trinajstić information content (AvgIpc) is 2.85. The molecular formula is C26H27ClN2O6S. The van der Waals surface area contributed by atoms with Gasteiger partial charge in [-0.15, -0.1) is 0 Å². The number of halogens is 1. The molecule has 2 atom stereocenters. The first-order valence-corrected chi connectivity index (χ1v) is 13.2. The number of sulfonamides is 1. The Morgan fingerprint density at radius 2 is 1.92 bits per heavy atom. The number of aryl methyl sites for hydroxylation is 1. The molecule has 0 radical (unpaired) electrons. The van der Waals surface area contributed by atoms with Crippen molar-refractivity contribution in [1.82, 2.24) is 5.32 Å². The fraction of sp³-hybridized carbons (Fsp3) is 0.269. The van der Waals surface area contributed by atoms with Gasteiger partial charge in [-0.25, -0.2) is 13.2 Å². The minimum absolute atomic E-state index is 0.154. The standard InChI is InChI=1S/C26H27ClN2O6S/c1-17-5-8-23(9-6-17)36(33,34)29-15-21(28-14-25(30)18-3-2-4-20(27)11-18)12-19-13-22(7-10-24(19)29)35-16-26(31)32/h2-11,13,21,25,28,30H,12,14-16H2,1H3,(H,31,32)/t21?,25-/m0/s1. The third-order valence-electron chi connectivity index (χ3n) is 5.98. The number of nitrogens with one attached hydrogen (secondary N) is 1. The molecule has 4 rings (SSSR count). The number of fused-ring (bicyclic) bond motifs is 1. The molecule has 1 aliphatic rings. The number of aliphatic hydroxyl groups is 1. The van der Waals surface area contributed by atoms with E-state index in [0.717, 1.165) is 5.56 Å². The molecule has 0 saturated heterocycles. The number of carboxylic acid groups (broad SMARTS) is 1. The first kappa shape index (κ1) is 26.0. The molecule has 0 amide bonds. The van der Waals surface area contributed by atoms with Crippen LogP contribution in [0.3, 0.4) is 0 Å². The van der Waals surface area contributed by atoms with Crippen molar-refractivity contribution in [2.45, 2.75) is 30.4 Å². The van der Waals surface area contributed by atoms with Crippen LogP contribution in [0.1, 0.15) is 22.8 Å². The molecule has 3 aromatic carbocycles. The summed E-state index contributed by atoms with van der Waals surface area (Å²) in [7, 11) is -3.88. The highest BCUT2D eigenvalue weighted by Gasteiger charge is 2.33. The number of ether oxygens (including phenoxy) is 1. The largest absolute Gasteiger partial charge is 0.482 e. The second-order valence-corrected chi connectivity index (χ2v) is 11.0. The van der Waals surface area contributed by atoms with Gasteiger partial charge in [0, 0.05) is 17.6 Å². The Kier molecular flexibility index (Phi) is 7.85. The van der Waals surface area contributed by atoms with Gasteiger partial charge in [-0.2, -0.15) is 0 Å². The van der Waals surface area contributed by atoms with Crippen molar-refractivity contribution < 1.29 is 28.2 Å². The summed E-state index contributed by atoms with van der Waals surface area (Å²) >= 11 is 6.04. The number of hydrogen-bond acceptors (Lipinski definition) is 6. The zero-order chi connectivity index (χ0) is 25.9. The molecule has 1 heterocycles. The van der Waals surface area contributed by atoms with Gasteiger partial charge in [0.2, 0.25) is 0 Å². The summed E-state index contributed by atoms with van der Waals surface area (Å²) in [6.07, 6.45) is -0.376. The van der Waals surface area contributed by atoms with Gasteiger partial charge in [0.05, 0.1) is 23.2 Å². The van der Waals surface area contributed by atoms with Crippen molar-refractivity contribution in [1.29, 1.82) is 0 Å². The highest BCUT2D eigenvalue weighted by molar-refractivity contribution is 7.92. The van der Waals surface area contributed by atoms with Crippen LogP contribution in [0.2, 0.25) is 5.02 Å². The van der Waals surface area contributed by atoms with Gasteiger partial charge < -0.3 is 20.3 Å². The second kappa shape index (κ2) is 10.9. The lowest BCUT2D eigenvalue weighted by Gasteiger charge is -2.36. The Bertz CT molecular complexity index is 1350. The van der Waals surface area contributed by atoms with Gasteiger partial charge in [0.25, 0.3) is 10.0 Å². The van der Waals surface area contributed by atoms with Crippen LogP contribution in [0.5, 0.6) is 5.75 Å². The summed E-state index contributed by atoms with van der Waals surface area (Å²) in [4.78, 5) is 11.1. The summed E-state index contributed by atoms with van der Waals surface area (Å²) < 4.78 is 33.9. The highest BCUT2D eigenvalue weighted by atomic mass is 35.5. The number of benzene rings is 3. The predicted octanol–water partition coefficient (Wildman–Crippen LogP) is 3.56. The summed E-state index contributed by atoms with van der Waals surface area (Å²) in [6.45, 7) is 1.73. The number of nitrogens with zero attached hydrogens (tertiary/aromatic N) is 1. The smallest absolute Gasteiger partial charge is 0.341 e. The molecule has 1 unspecified atom stereocenters. The number of aliphatic carboxylic acids is 1. The minimum atomic E-state index is -3.88. The topological polar surface area (TPSA) is 116 Å². The zero-order valence-corrected chi connectivity index (χ0v) is 21.2. The van der Waals surface area contributed by atoms with E-state index in [0.29, 0.717) is 34.0 Å². The van der Waals surface area contributed by atoms with Gasteiger partial charge in [-0.3, -0.25) is 4.31 Å². The quantitative estimate of drug-likeness (QED) is 0.387. The number of anilines is 1. The van der Waals surface area contributed by atoms with Crippen molar-refractivity contribution in [2.75, 3.05) is 24.0 Å². The molecule has 0 saturated carbocycles. The van der Waals surface area contributed by atoms with E-state index in [9.17, 15) is 18.3 Å². The lowest BCUT2D eigenvalue weighted by molar-refractivity contribution is -0.139. The lowest BCUT2D eigenvalue weighted by atomic mass is 9.99. The summed E-state index contributed by atoms with van der Waals surface area (Å²) in [5.41, 5.74) is 2.80. The fourth-order valence-corrected chi connectivity index (χ4v) is 5.89. The molecule has 190 valence electrons. The van der Waals surface area contributed by atoms with E-state index in [-0.39, 0.29) is 24.0 Å². The summed E-state index contributed by atoms with van der Waals surface area (Å²) in [6, 6.07) is 18.1. The van der Waals surface area contributed by atoms with Crippen LogP contribution < -0.4 is 14.4 Å². The van der Waals surface area contributed by atoms with E-state index < -0.39 is 28.7 Å². The molecule has 8 nitrogen and oxygen atoms in total. The van der Waals surface area contributed by atoms with Crippen molar-refractivity contribution in [3.63, 3.8) is 0 Å². The lowest BCUT2D eigenvalue weighted by Crippen LogP contribution is -2.49. The molecule has 0 spiro atoms. The Balaban J connectivity index is 1.61. The monoisotopic (exact) mass is 530 g/mol. The number of aliphatic hydroxyl groups excluding tert-OH is 1. The second-order valence-electron chi connectivity index (χ2n) is 8.70. The third kappa shape index (κ3) is 5.99. The molecule has 36 heavy (non-hydrogen) atoms. The Morgan fingerprint density at radius 3 is 2.61 bits per heavy atom. The van der Waals surface area contributed by atoms with Crippen LogP contribution >= 0.6 is 11.6 Å². The van der Waals surface area contributed by atoms with Crippen LogP contribution in [0.25, 0.3) is 0 Å². The molecular weight excluding hydrogens is 504 g/mol. The minimum Gasteiger partial charge on any atom is -0.482 e. The van der Waals surface area contributed by atoms with E-state index in [1.807, 2.05) is 6.92 Å². The van der Waals surface area contributed by atoms with E-state index in [2.05, 4.69) is 5.32 Å². The highest BCUT2D eigenvalue weighted by Crippen LogP contribution is 2.35. The molecule has 3 aromatic rings. The number of carbonyl (C=O) groups is 1. The van der Waals surface area contributed by atoms with Gasteiger partial charge in [-0.05, 0) is 66.9 Å². The molecule has 10 heteroatoms. The molecule has 0 aromatic heterocycles. The van der Waals surface area contributed by atoms with Crippen LogP contribution in [0, 0.1) is 6.92 Å². The zero-order valence-electron chi connectivity index (χ0n) is 19.6. The van der Waals surface area contributed by atoms with Crippen LogP contribution in [-0.4, -0.2) is 50.3 Å². The van der Waals surface area contributed by atoms with Crippen molar-refractivity contribution >= 4 is 33.3 Å². The van der Waals surface area contributed by atoms with E-state index in [1.165, 1.54) is 4.31 Å². The number of hydrogen-bond donors (Lipinski definition) is 3. The van der Waals surface area contributed by atoms with Crippen molar-refractivity contribution in [3.05, 3.63) is 88.4 Å². The normalized spacial score (nSPS) is 16.3.